The third-order valence-electron chi connectivity index (χ3n) is 3.67. The lowest BCUT2D eigenvalue weighted by atomic mass is 9.91. The number of hydrogen-bond acceptors (Lipinski definition) is 3. The Bertz CT molecular complexity index is 418. The number of fused-ring (bicyclic) bond motifs is 1. The fourth-order valence-corrected chi connectivity index (χ4v) is 2.69. The van der Waals surface area contributed by atoms with Crippen LogP contribution >= 0.6 is 0 Å². The maximum Gasteiger partial charge on any atom is 0.122 e. The monoisotopic (exact) mass is 219 g/mol. The Morgan fingerprint density at radius 3 is 3.06 bits per heavy atom. The van der Waals surface area contributed by atoms with Crippen molar-refractivity contribution in [3.05, 3.63) is 29.3 Å². The number of likely N-dealkylation sites (tertiary alicyclic amines) is 1. The summed E-state index contributed by atoms with van der Waals surface area (Å²) in [6.07, 6.45) is 1.79. The van der Waals surface area contributed by atoms with Crippen molar-refractivity contribution >= 4 is 0 Å². The van der Waals surface area contributed by atoms with E-state index in [0.29, 0.717) is 0 Å². The fourth-order valence-electron chi connectivity index (χ4n) is 2.69. The minimum Gasteiger partial charge on any atom is -0.493 e. The largest absolute Gasteiger partial charge is 0.493 e. The van der Waals surface area contributed by atoms with Gasteiger partial charge in [0.1, 0.15) is 11.4 Å². The van der Waals surface area contributed by atoms with E-state index >= 15 is 0 Å². The Kier molecular flexibility index (Phi) is 2.19. The molecule has 3 rings (SSSR count). The van der Waals surface area contributed by atoms with Crippen molar-refractivity contribution in [3.8, 4) is 5.75 Å². The maximum absolute atomic E-state index is 10.6. The van der Waals surface area contributed by atoms with Crippen LogP contribution in [0.5, 0.6) is 5.75 Å². The minimum absolute atomic E-state index is 0.660. The van der Waals surface area contributed by atoms with Crippen molar-refractivity contribution < 1.29 is 9.84 Å². The highest BCUT2D eigenvalue weighted by atomic mass is 16.5. The first-order valence-corrected chi connectivity index (χ1v) is 5.84. The lowest BCUT2D eigenvalue weighted by Crippen LogP contribution is -2.29. The van der Waals surface area contributed by atoms with Crippen LogP contribution in [0.25, 0.3) is 0 Å². The molecule has 2 aliphatic rings. The molecule has 1 aromatic rings. The zero-order valence-corrected chi connectivity index (χ0v) is 9.57. The molecule has 0 amide bonds. The second kappa shape index (κ2) is 3.47. The Labute approximate surface area is 95.6 Å². The Balaban J connectivity index is 1.95. The quantitative estimate of drug-likeness (QED) is 0.769. The lowest BCUT2D eigenvalue weighted by Gasteiger charge is -2.23. The molecule has 0 radical (unpaired) electrons. The number of rotatable bonds is 1. The van der Waals surface area contributed by atoms with E-state index in [4.69, 9.17) is 4.74 Å². The first-order chi connectivity index (χ1) is 7.67. The van der Waals surface area contributed by atoms with Crippen molar-refractivity contribution in [1.82, 2.24) is 4.90 Å². The van der Waals surface area contributed by atoms with Crippen LogP contribution in [0.4, 0.5) is 0 Å². The van der Waals surface area contributed by atoms with E-state index in [1.54, 1.807) is 0 Å². The summed E-state index contributed by atoms with van der Waals surface area (Å²) in [6.45, 7) is 2.47. The molecule has 0 spiro atoms. The van der Waals surface area contributed by atoms with E-state index in [9.17, 15) is 5.11 Å². The molecule has 0 saturated carbocycles. The molecule has 1 atom stereocenters. The van der Waals surface area contributed by atoms with Gasteiger partial charge in [-0.25, -0.2) is 0 Å². The van der Waals surface area contributed by atoms with Gasteiger partial charge in [-0.15, -0.1) is 0 Å². The van der Waals surface area contributed by atoms with Gasteiger partial charge in [0.2, 0.25) is 0 Å². The molecule has 0 bridgehead atoms. The van der Waals surface area contributed by atoms with Crippen LogP contribution in [-0.4, -0.2) is 36.8 Å². The molecule has 1 aromatic carbocycles. The van der Waals surface area contributed by atoms with E-state index in [-0.39, 0.29) is 0 Å². The molecule has 86 valence electrons. The van der Waals surface area contributed by atoms with E-state index < -0.39 is 5.60 Å². The SMILES string of the molecule is CN1CCC(O)(c2ccc3c(c2)CCO3)C1. The van der Waals surface area contributed by atoms with Crippen LogP contribution in [0, 0.1) is 0 Å². The van der Waals surface area contributed by atoms with Gasteiger partial charge in [-0.05, 0) is 36.7 Å². The van der Waals surface area contributed by atoms with Crippen LogP contribution in [0.3, 0.4) is 0 Å². The first kappa shape index (κ1) is 10.1. The van der Waals surface area contributed by atoms with Crippen LogP contribution in [-0.2, 0) is 12.0 Å². The molecule has 3 nitrogen and oxygen atoms in total. The standard InChI is InChI=1S/C13H17NO2/c1-14-6-5-13(15,9-14)11-2-3-12-10(8-11)4-7-16-12/h2-3,8,15H,4-7,9H2,1H3. The van der Waals surface area contributed by atoms with E-state index in [1.807, 2.05) is 12.1 Å². The van der Waals surface area contributed by atoms with Crippen LogP contribution in [0.15, 0.2) is 18.2 Å². The van der Waals surface area contributed by atoms with Gasteiger partial charge in [0, 0.05) is 19.5 Å². The number of aliphatic hydroxyl groups is 1. The summed E-state index contributed by atoms with van der Waals surface area (Å²) in [7, 11) is 2.05. The highest BCUT2D eigenvalue weighted by molar-refractivity contribution is 5.42. The van der Waals surface area contributed by atoms with Gasteiger partial charge in [0.25, 0.3) is 0 Å². The summed E-state index contributed by atoms with van der Waals surface area (Å²) >= 11 is 0. The molecule has 3 heteroatoms. The highest BCUT2D eigenvalue weighted by Gasteiger charge is 2.36. The van der Waals surface area contributed by atoms with Gasteiger partial charge in [-0.1, -0.05) is 6.07 Å². The van der Waals surface area contributed by atoms with Crippen molar-refractivity contribution in [2.75, 3.05) is 26.7 Å². The third kappa shape index (κ3) is 1.51. The average Bonchev–Trinajstić information content (AvgIpc) is 2.84. The number of hydrogen-bond donors (Lipinski definition) is 1. The van der Waals surface area contributed by atoms with Gasteiger partial charge >= 0.3 is 0 Å². The van der Waals surface area contributed by atoms with Gasteiger partial charge in [0.05, 0.1) is 6.61 Å². The molecule has 1 fully saturated rings. The molecule has 2 aliphatic heterocycles. The molecule has 1 N–H and O–H groups in total. The molecule has 0 aliphatic carbocycles. The number of β-amino-alcohol motifs (C(OH)–C–C–N with tert-alkyl or cyclic N) is 1. The summed E-state index contributed by atoms with van der Waals surface area (Å²) < 4.78 is 5.48. The minimum atomic E-state index is -0.660. The highest BCUT2D eigenvalue weighted by Crippen LogP contribution is 2.35. The number of ether oxygens (including phenoxy) is 1. The van der Waals surface area contributed by atoms with E-state index in [1.165, 1.54) is 5.56 Å². The molecule has 16 heavy (non-hydrogen) atoms. The van der Waals surface area contributed by atoms with Crippen LogP contribution in [0.2, 0.25) is 0 Å². The Hall–Kier alpha value is -1.06. The maximum atomic E-state index is 10.6. The molecular weight excluding hydrogens is 202 g/mol. The molecular formula is C13H17NO2. The Morgan fingerprint density at radius 2 is 2.31 bits per heavy atom. The van der Waals surface area contributed by atoms with E-state index in [0.717, 1.165) is 43.9 Å². The molecule has 2 heterocycles. The van der Waals surface area contributed by atoms with E-state index in [2.05, 4.69) is 18.0 Å². The topological polar surface area (TPSA) is 32.7 Å². The van der Waals surface area contributed by atoms with Gasteiger partial charge < -0.3 is 14.7 Å². The summed E-state index contributed by atoms with van der Waals surface area (Å²) in [4.78, 5) is 2.17. The zero-order valence-electron chi connectivity index (χ0n) is 9.57. The fraction of sp³-hybridized carbons (Fsp3) is 0.538. The number of likely N-dealkylation sites (N-methyl/N-ethyl adjacent to an activating group) is 1. The molecule has 1 saturated heterocycles. The molecule has 0 aromatic heterocycles. The van der Waals surface area contributed by atoms with Gasteiger partial charge in [-0.2, -0.15) is 0 Å². The van der Waals surface area contributed by atoms with Gasteiger partial charge in [0.15, 0.2) is 0 Å². The van der Waals surface area contributed by atoms with Crippen molar-refractivity contribution in [2.24, 2.45) is 0 Å². The summed E-state index contributed by atoms with van der Waals surface area (Å²) in [5.74, 6) is 0.985. The predicted octanol–water partition coefficient (Wildman–Crippen LogP) is 1.14. The summed E-state index contributed by atoms with van der Waals surface area (Å²) in [5, 5.41) is 10.6. The van der Waals surface area contributed by atoms with Crippen molar-refractivity contribution in [3.63, 3.8) is 0 Å². The number of nitrogens with zero attached hydrogens (tertiary/aromatic N) is 1. The predicted molar refractivity (Wildman–Crippen MR) is 61.7 cm³/mol. The second-order valence-corrected chi connectivity index (χ2v) is 4.94. The summed E-state index contributed by atoms with van der Waals surface area (Å²) in [6, 6.07) is 6.11. The smallest absolute Gasteiger partial charge is 0.122 e. The summed E-state index contributed by atoms with van der Waals surface area (Å²) in [5.41, 5.74) is 1.62. The number of benzene rings is 1. The first-order valence-electron chi connectivity index (χ1n) is 5.84. The van der Waals surface area contributed by atoms with Crippen molar-refractivity contribution in [1.29, 1.82) is 0 Å². The third-order valence-corrected chi connectivity index (χ3v) is 3.67. The van der Waals surface area contributed by atoms with Crippen LogP contribution in [0.1, 0.15) is 17.5 Å². The lowest BCUT2D eigenvalue weighted by molar-refractivity contribution is 0.0488. The molecule has 1 unspecified atom stereocenters. The Morgan fingerprint density at radius 1 is 1.44 bits per heavy atom. The average molecular weight is 219 g/mol. The normalized spacial score (nSPS) is 29.1. The van der Waals surface area contributed by atoms with Crippen molar-refractivity contribution in [2.45, 2.75) is 18.4 Å². The van der Waals surface area contributed by atoms with Crippen LogP contribution < -0.4 is 4.74 Å². The van der Waals surface area contributed by atoms with Gasteiger partial charge in [-0.3, -0.25) is 0 Å². The second-order valence-electron chi connectivity index (χ2n) is 4.94. The zero-order chi connectivity index (χ0) is 11.2.